The summed E-state index contributed by atoms with van der Waals surface area (Å²) < 4.78 is 5.84. The third-order valence-electron chi connectivity index (χ3n) is 3.58. The maximum absolute atomic E-state index is 12.2. The number of likely N-dealkylation sites (tertiary alicyclic amines) is 1. The normalized spacial score (nSPS) is 17.5. The standard InChI is InChI=1S/C16H19N3O2S/c1-12-4-5-15(22-12)10-18-16(20)19-8-6-14(11-19)21-13-3-2-7-17-9-13/h2-5,7,9,14H,6,8,10-11H2,1H3,(H,18,20)/t14-/m0/s1. The molecule has 0 radical (unpaired) electrons. The first kappa shape index (κ1) is 14.8. The second-order valence-electron chi connectivity index (χ2n) is 5.33. The lowest BCUT2D eigenvalue weighted by Crippen LogP contribution is -2.38. The largest absolute Gasteiger partial charge is 0.487 e. The van der Waals surface area contributed by atoms with Gasteiger partial charge < -0.3 is 15.0 Å². The van der Waals surface area contributed by atoms with Gasteiger partial charge in [0.15, 0.2) is 0 Å². The van der Waals surface area contributed by atoms with E-state index in [1.54, 1.807) is 23.7 Å². The van der Waals surface area contributed by atoms with Crippen molar-refractivity contribution in [2.24, 2.45) is 0 Å². The highest BCUT2D eigenvalue weighted by molar-refractivity contribution is 7.11. The van der Waals surface area contributed by atoms with Gasteiger partial charge in [-0.3, -0.25) is 4.98 Å². The average Bonchev–Trinajstić information content (AvgIpc) is 3.15. The van der Waals surface area contributed by atoms with Gasteiger partial charge >= 0.3 is 6.03 Å². The summed E-state index contributed by atoms with van der Waals surface area (Å²) in [7, 11) is 0. The average molecular weight is 317 g/mol. The van der Waals surface area contributed by atoms with E-state index < -0.39 is 0 Å². The molecule has 116 valence electrons. The fourth-order valence-corrected chi connectivity index (χ4v) is 3.30. The molecule has 2 aromatic heterocycles. The van der Waals surface area contributed by atoms with Crippen LogP contribution in [0.25, 0.3) is 0 Å². The zero-order valence-corrected chi connectivity index (χ0v) is 13.3. The molecule has 22 heavy (non-hydrogen) atoms. The number of rotatable bonds is 4. The van der Waals surface area contributed by atoms with E-state index in [9.17, 15) is 4.79 Å². The molecule has 3 heterocycles. The molecule has 1 aliphatic heterocycles. The van der Waals surface area contributed by atoms with Crippen LogP contribution in [0.1, 0.15) is 16.2 Å². The van der Waals surface area contributed by atoms with Gasteiger partial charge in [-0.25, -0.2) is 4.79 Å². The third kappa shape index (κ3) is 3.76. The first-order valence-corrected chi connectivity index (χ1v) is 8.17. The SMILES string of the molecule is Cc1ccc(CNC(=O)N2CC[C@H](Oc3cccnc3)C2)s1. The third-order valence-corrected chi connectivity index (χ3v) is 4.58. The molecule has 1 N–H and O–H groups in total. The Bertz CT molecular complexity index is 629. The summed E-state index contributed by atoms with van der Waals surface area (Å²) in [5.74, 6) is 0.754. The molecule has 1 fully saturated rings. The van der Waals surface area contributed by atoms with Crippen molar-refractivity contribution in [3.63, 3.8) is 0 Å². The van der Waals surface area contributed by atoms with Crippen molar-refractivity contribution < 1.29 is 9.53 Å². The molecular formula is C16H19N3O2S. The predicted molar refractivity (Wildman–Crippen MR) is 86.1 cm³/mol. The van der Waals surface area contributed by atoms with Gasteiger partial charge in [0.1, 0.15) is 11.9 Å². The van der Waals surface area contributed by atoms with Crippen LogP contribution >= 0.6 is 11.3 Å². The number of nitrogens with one attached hydrogen (secondary N) is 1. The number of nitrogens with zero attached hydrogens (tertiary/aromatic N) is 2. The van der Waals surface area contributed by atoms with E-state index in [1.807, 2.05) is 17.0 Å². The Morgan fingerprint density at radius 2 is 2.41 bits per heavy atom. The molecule has 0 bridgehead atoms. The zero-order valence-electron chi connectivity index (χ0n) is 12.5. The minimum atomic E-state index is -0.0247. The van der Waals surface area contributed by atoms with Gasteiger partial charge in [-0.05, 0) is 31.2 Å². The first-order valence-electron chi connectivity index (χ1n) is 7.35. The molecule has 0 unspecified atom stereocenters. The smallest absolute Gasteiger partial charge is 0.317 e. The molecule has 1 aliphatic rings. The summed E-state index contributed by atoms with van der Waals surface area (Å²) in [5.41, 5.74) is 0. The molecule has 6 heteroatoms. The number of urea groups is 1. The van der Waals surface area contributed by atoms with Crippen LogP contribution in [-0.4, -0.2) is 35.1 Å². The van der Waals surface area contributed by atoms with Crippen molar-refractivity contribution in [1.29, 1.82) is 0 Å². The summed E-state index contributed by atoms with van der Waals surface area (Å²) in [6.07, 6.45) is 4.30. The molecule has 0 aromatic carbocycles. The molecule has 1 atom stereocenters. The van der Waals surface area contributed by atoms with Gasteiger partial charge in [0.05, 0.1) is 19.3 Å². The van der Waals surface area contributed by atoms with Crippen LogP contribution in [0.4, 0.5) is 4.79 Å². The molecule has 0 spiro atoms. The van der Waals surface area contributed by atoms with Crippen molar-refractivity contribution in [2.45, 2.75) is 26.0 Å². The van der Waals surface area contributed by atoms with Crippen molar-refractivity contribution in [2.75, 3.05) is 13.1 Å². The Labute approximate surface area is 133 Å². The van der Waals surface area contributed by atoms with E-state index in [1.165, 1.54) is 9.75 Å². The molecule has 0 saturated carbocycles. The summed E-state index contributed by atoms with van der Waals surface area (Å²) in [5, 5.41) is 2.97. The predicted octanol–water partition coefficient (Wildman–Crippen LogP) is 2.81. The second-order valence-corrected chi connectivity index (χ2v) is 6.71. The number of pyridine rings is 1. The fourth-order valence-electron chi connectivity index (χ4n) is 2.47. The maximum atomic E-state index is 12.2. The Balaban J connectivity index is 1.46. The lowest BCUT2D eigenvalue weighted by molar-refractivity contribution is 0.186. The first-order chi connectivity index (χ1) is 10.7. The fraction of sp³-hybridized carbons (Fsp3) is 0.375. The monoisotopic (exact) mass is 317 g/mol. The van der Waals surface area contributed by atoms with E-state index in [-0.39, 0.29) is 12.1 Å². The minimum Gasteiger partial charge on any atom is -0.487 e. The van der Waals surface area contributed by atoms with Gasteiger partial charge in [0, 0.05) is 28.9 Å². The number of aryl methyl sites for hydroxylation is 1. The van der Waals surface area contributed by atoms with Crippen LogP contribution in [-0.2, 0) is 6.54 Å². The Morgan fingerprint density at radius 3 is 3.14 bits per heavy atom. The van der Waals surface area contributed by atoms with Crippen LogP contribution in [0.3, 0.4) is 0 Å². The Morgan fingerprint density at radius 1 is 1.50 bits per heavy atom. The highest BCUT2D eigenvalue weighted by Crippen LogP contribution is 2.18. The number of aromatic nitrogens is 1. The number of hydrogen-bond acceptors (Lipinski definition) is 4. The maximum Gasteiger partial charge on any atom is 0.317 e. The van der Waals surface area contributed by atoms with Gasteiger partial charge in [-0.1, -0.05) is 0 Å². The van der Waals surface area contributed by atoms with Crippen LogP contribution in [0.5, 0.6) is 5.75 Å². The number of amides is 2. The highest BCUT2D eigenvalue weighted by atomic mass is 32.1. The number of thiophene rings is 1. The molecule has 0 aliphatic carbocycles. The number of ether oxygens (including phenoxy) is 1. The van der Waals surface area contributed by atoms with Crippen LogP contribution in [0, 0.1) is 6.92 Å². The van der Waals surface area contributed by atoms with Crippen LogP contribution < -0.4 is 10.1 Å². The van der Waals surface area contributed by atoms with Gasteiger partial charge in [0.2, 0.25) is 0 Å². The van der Waals surface area contributed by atoms with E-state index in [0.717, 1.165) is 18.7 Å². The lowest BCUT2D eigenvalue weighted by Gasteiger charge is -2.17. The number of hydrogen-bond donors (Lipinski definition) is 1. The van der Waals surface area contributed by atoms with Crippen LogP contribution in [0.2, 0.25) is 0 Å². The number of carbonyl (C=O) groups is 1. The van der Waals surface area contributed by atoms with Crippen molar-refractivity contribution in [3.8, 4) is 5.75 Å². The van der Waals surface area contributed by atoms with E-state index >= 15 is 0 Å². The molecule has 5 nitrogen and oxygen atoms in total. The van der Waals surface area contributed by atoms with E-state index in [0.29, 0.717) is 13.1 Å². The number of carbonyl (C=O) groups excluding carboxylic acids is 1. The molecule has 1 saturated heterocycles. The summed E-state index contributed by atoms with van der Waals surface area (Å²) in [4.78, 5) is 20.4. The van der Waals surface area contributed by atoms with Crippen molar-refractivity contribution >= 4 is 17.4 Å². The zero-order chi connectivity index (χ0) is 15.4. The second kappa shape index (κ2) is 6.79. The lowest BCUT2D eigenvalue weighted by atomic mass is 10.3. The van der Waals surface area contributed by atoms with Crippen molar-refractivity contribution in [3.05, 3.63) is 46.4 Å². The molecule has 2 aromatic rings. The molecular weight excluding hydrogens is 298 g/mol. The quantitative estimate of drug-likeness (QED) is 0.943. The van der Waals surface area contributed by atoms with Gasteiger partial charge in [-0.15, -0.1) is 11.3 Å². The Kier molecular flexibility index (Phi) is 4.58. The highest BCUT2D eigenvalue weighted by Gasteiger charge is 2.27. The Hall–Kier alpha value is -2.08. The van der Waals surface area contributed by atoms with Crippen LogP contribution in [0.15, 0.2) is 36.7 Å². The van der Waals surface area contributed by atoms with E-state index in [2.05, 4.69) is 29.4 Å². The minimum absolute atomic E-state index is 0.0247. The molecule has 3 rings (SSSR count). The van der Waals surface area contributed by atoms with Crippen molar-refractivity contribution in [1.82, 2.24) is 15.2 Å². The molecule has 2 amide bonds. The van der Waals surface area contributed by atoms with Gasteiger partial charge in [-0.2, -0.15) is 0 Å². The van der Waals surface area contributed by atoms with Gasteiger partial charge in [0.25, 0.3) is 0 Å². The summed E-state index contributed by atoms with van der Waals surface area (Å²) in [6.45, 7) is 3.99. The summed E-state index contributed by atoms with van der Waals surface area (Å²) in [6, 6.07) is 7.83. The topological polar surface area (TPSA) is 54.5 Å². The summed E-state index contributed by atoms with van der Waals surface area (Å²) >= 11 is 1.71. The van der Waals surface area contributed by atoms with E-state index in [4.69, 9.17) is 4.74 Å².